The van der Waals surface area contributed by atoms with Gasteiger partial charge in [-0.2, -0.15) is 0 Å². The van der Waals surface area contributed by atoms with Crippen LogP contribution in [0.15, 0.2) is 30.5 Å². The van der Waals surface area contributed by atoms with Crippen molar-refractivity contribution in [3.63, 3.8) is 0 Å². The summed E-state index contributed by atoms with van der Waals surface area (Å²) < 4.78 is 0. The maximum Gasteiger partial charge on any atom is 0.148 e. The van der Waals surface area contributed by atoms with Crippen LogP contribution in [0.25, 0.3) is 0 Å². The Morgan fingerprint density at radius 3 is 2.67 bits per heavy atom. The normalized spacial score (nSPS) is 12.2. The molecule has 0 fully saturated rings. The van der Waals surface area contributed by atoms with Gasteiger partial charge in [-0.05, 0) is 32.4 Å². The van der Waals surface area contributed by atoms with Gasteiger partial charge in [-0.3, -0.25) is 4.98 Å². The van der Waals surface area contributed by atoms with E-state index in [9.17, 15) is 0 Å². The highest BCUT2D eigenvalue weighted by molar-refractivity contribution is 6.31. The van der Waals surface area contributed by atoms with E-state index in [2.05, 4.69) is 22.2 Å². The van der Waals surface area contributed by atoms with Crippen molar-refractivity contribution in [2.75, 3.05) is 5.32 Å². The molecule has 2 rings (SSSR count). The molecule has 0 aliphatic rings. The van der Waals surface area contributed by atoms with E-state index in [4.69, 9.17) is 11.6 Å². The standard InChI is InChI=1S/C14H16ClN3/c1-9-8-16-11(3)14(17-9)18-10(2)12-6-4-5-7-13(12)15/h4-8,10H,1-3H3,(H,17,18)/t10-/m1/s1. The van der Waals surface area contributed by atoms with Gasteiger partial charge < -0.3 is 5.32 Å². The van der Waals surface area contributed by atoms with Gasteiger partial charge in [0.1, 0.15) is 5.82 Å². The maximum atomic E-state index is 6.18. The van der Waals surface area contributed by atoms with Crippen molar-refractivity contribution in [2.45, 2.75) is 26.8 Å². The molecule has 4 heteroatoms. The van der Waals surface area contributed by atoms with Crippen molar-refractivity contribution in [1.82, 2.24) is 9.97 Å². The monoisotopic (exact) mass is 261 g/mol. The lowest BCUT2D eigenvalue weighted by molar-refractivity contribution is 0.862. The number of nitrogens with zero attached hydrogens (tertiary/aromatic N) is 2. The van der Waals surface area contributed by atoms with Crippen LogP contribution in [-0.4, -0.2) is 9.97 Å². The van der Waals surface area contributed by atoms with Gasteiger partial charge in [0, 0.05) is 11.2 Å². The second-order valence-electron chi connectivity index (χ2n) is 4.33. The van der Waals surface area contributed by atoms with E-state index in [-0.39, 0.29) is 6.04 Å². The Hall–Kier alpha value is -1.61. The molecule has 0 radical (unpaired) electrons. The van der Waals surface area contributed by atoms with Crippen molar-refractivity contribution in [1.29, 1.82) is 0 Å². The van der Waals surface area contributed by atoms with Gasteiger partial charge in [-0.25, -0.2) is 4.98 Å². The summed E-state index contributed by atoms with van der Waals surface area (Å²) in [5.41, 5.74) is 2.84. The average molecular weight is 262 g/mol. The molecule has 1 aromatic carbocycles. The third-order valence-electron chi connectivity index (χ3n) is 2.80. The highest BCUT2D eigenvalue weighted by atomic mass is 35.5. The highest BCUT2D eigenvalue weighted by Gasteiger charge is 2.11. The smallest absolute Gasteiger partial charge is 0.148 e. The molecule has 1 heterocycles. The van der Waals surface area contributed by atoms with E-state index in [1.54, 1.807) is 6.20 Å². The minimum Gasteiger partial charge on any atom is -0.362 e. The summed E-state index contributed by atoms with van der Waals surface area (Å²) >= 11 is 6.18. The summed E-state index contributed by atoms with van der Waals surface area (Å²) in [6.45, 7) is 5.93. The minimum absolute atomic E-state index is 0.0912. The van der Waals surface area contributed by atoms with Gasteiger partial charge in [-0.15, -0.1) is 0 Å². The molecule has 0 amide bonds. The Morgan fingerprint density at radius 2 is 1.94 bits per heavy atom. The van der Waals surface area contributed by atoms with Crippen molar-refractivity contribution in [3.05, 3.63) is 52.4 Å². The lowest BCUT2D eigenvalue weighted by Gasteiger charge is -2.17. The number of hydrogen-bond acceptors (Lipinski definition) is 3. The van der Waals surface area contributed by atoms with E-state index in [0.29, 0.717) is 0 Å². The topological polar surface area (TPSA) is 37.8 Å². The summed E-state index contributed by atoms with van der Waals surface area (Å²) in [4.78, 5) is 8.74. The molecule has 3 nitrogen and oxygen atoms in total. The van der Waals surface area contributed by atoms with Crippen molar-refractivity contribution < 1.29 is 0 Å². The van der Waals surface area contributed by atoms with E-state index < -0.39 is 0 Å². The molecule has 0 bridgehead atoms. The number of benzene rings is 1. The molecule has 2 aromatic rings. The van der Waals surface area contributed by atoms with Crippen molar-refractivity contribution in [3.8, 4) is 0 Å². The Bertz CT molecular complexity index is 554. The Kier molecular flexibility index (Phi) is 3.82. The fraction of sp³-hybridized carbons (Fsp3) is 0.286. The van der Waals surface area contributed by atoms with Gasteiger partial charge in [0.15, 0.2) is 0 Å². The zero-order valence-corrected chi connectivity index (χ0v) is 11.5. The predicted molar refractivity (Wildman–Crippen MR) is 75.0 cm³/mol. The van der Waals surface area contributed by atoms with Crippen LogP contribution in [-0.2, 0) is 0 Å². The van der Waals surface area contributed by atoms with E-state index in [1.165, 1.54) is 0 Å². The number of anilines is 1. The third kappa shape index (κ3) is 2.79. The van der Waals surface area contributed by atoms with Gasteiger partial charge in [0.25, 0.3) is 0 Å². The molecular formula is C14H16ClN3. The molecular weight excluding hydrogens is 246 g/mol. The second kappa shape index (κ2) is 5.36. The first-order valence-electron chi connectivity index (χ1n) is 5.89. The molecule has 0 saturated heterocycles. The molecule has 0 spiro atoms. The summed E-state index contributed by atoms with van der Waals surface area (Å²) in [6.07, 6.45) is 1.76. The summed E-state index contributed by atoms with van der Waals surface area (Å²) in [5.74, 6) is 0.808. The van der Waals surface area contributed by atoms with Gasteiger partial charge >= 0.3 is 0 Å². The zero-order valence-electron chi connectivity index (χ0n) is 10.7. The van der Waals surface area contributed by atoms with E-state index in [1.807, 2.05) is 38.1 Å². The van der Waals surface area contributed by atoms with Crippen molar-refractivity contribution in [2.24, 2.45) is 0 Å². The summed E-state index contributed by atoms with van der Waals surface area (Å²) in [6, 6.07) is 7.90. The van der Waals surface area contributed by atoms with Crippen LogP contribution in [0, 0.1) is 13.8 Å². The summed E-state index contributed by atoms with van der Waals surface area (Å²) in [5, 5.41) is 4.11. The third-order valence-corrected chi connectivity index (χ3v) is 3.15. The van der Waals surface area contributed by atoms with Gasteiger partial charge in [0.2, 0.25) is 0 Å². The fourth-order valence-electron chi connectivity index (χ4n) is 1.78. The van der Waals surface area contributed by atoms with Crippen LogP contribution >= 0.6 is 11.6 Å². The number of aromatic nitrogens is 2. The first kappa shape index (κ1) is 12.8. The van der Waals surface area contributed by atoms with Crippen LogP contribution < -0.4 is 5.32 Å². The molecule has 0 unspecified atom stereocenters. The number of aryl methyl sites for hydroxylation is 2. The van der Waals surface area contributed by atoms with Crippen LogP contribution in [0.4, 0.5) is 5.82 Å². The van der Waals surface area contributed by atoms with Gasteiger partial charge in [0.05, 0.1) is 17.4 Å². The van der Waals surface area contributed by atoms with Crippen LogP contribution in [0.3, 0.4) is 0 Å². The Labute approximate surface area is 112 Å². The SMILES string of the molecule is Cc1cnc(C)c(N[C@H](C)c2ccccc2Cl)n1. The molecule has 94 valence electrons. The Morgan fingerprint density at radius 1 is 1.22 bits per heavy atom. The van der Waals surface area contributed by atoms with Crippen LogP contribution in [0.2, 0.25) is 5.02 Å². The van der Waals surface area contributed by atoms with E-state index >= 15 is 0 Å². The quantitative estimate of drug-likeness (QED) is 0.910. The molecule has 0 saturated carbocycles. The number of hydrogen-bond donors (Lipinski definition) is 1. The van der Waals surface area contributed by atoms with Crippen LogP contribution in [0.5, 0.6) is 0 Å². The second-order valence-corrected chi connectivity index (χ2v) is 4.74. The first-order valence-corrected chi connectivity index (χ1v) is 6.27. The van der Waals surface area contributed by atoms with Crippen molar-refractivity contribution >= 4 is 17.4 Å². The lowest BCUT2D eigenvalue weighted by atomic mass is 10.1. The lowest BCUT2D eigenvalue weighted by Crippen LogP contribution is -2.10. The Balaban J connectivity index is 2.24. The first-order chi connectivity index (χ1) is 8.58. The average Bonchev–Trinajstić information content (AvgIpc) is 2.34. The largest absolute Gasteiger partial charge is 0.362 e. The number of halogens is 1. The summed E-state index contributed by atoms with van der Waals surface area (Å²) in [7, 11) is 0. The predicted octanol–water partition coefficient (Wildman–Crippen LogP) is 3.92. The molecule has 18 heavy (non-hydrogen) atoms. The molecule has 0 aliphatic heterocycles. The zero-order chi connectivity index (χ0) is 13.1. The minimum atomic E-state index is 0.0912. The van der Waals surface area contributed by atoms with E-state index in [0.717, 1.165) is 27.8 Å². The molecule has 1 N–H and O–H groups in total. The van der Waals surface area contributed by atoms with Gasteiger partial charge in [-0.1, -0.05) is 29.8 Å². The molecule has 1 atom stereocenters. The highest BCUT2D eigenvalue weighted by Crippen LogP contribution is 2.25. The number of rotatable bonds is 3. The number of nitrogens with one attached hydrogen (secondary N) is 1. The maximum absolute atomic E-state index is 6.18. The molecule has 0 aliphatic carbocycles. The molecule has 1 aromatic heterocycles. The fourth-order valence-corrected chi connectivity index (χ4v) is 2.08. The van der Waals surface area contributed by atoms with Crippen LogP contribution in [0.1, 0.15) is 29.9 Å².